The Labute approximate surface area is 193 Å². The smallest absolute Gasteiger partial charge is 0.225 e. The van der Waals surface area contributed by atoms with Gasteiger partial charge in [-0.05, 0) is 44.2 Å². The number of primary amides is 1. The predicted octanol–water partition coefficient (Wildman–Crippen LogP) is 3.39. The zero-order chi connectivity index (χ0) is 24.4. The molecule has 1 amide bonds. The second kappa shape index (κ2) is 9.84. The molecule has 0 bridgehead atoms. The SMILES string of the molecule is CC[C@@H](CO)Nc1ncc2nc(Nc3c(F)ccc(F)c3F)n([C@H]3CC[C@H](C(N)=O)CC3)c2n1. The molecule has 34 heavy (non-hydrogen) atoms. The molecule has 0 unspecified atom stereocenters. The quantitative estimate of drug-likeness (QED) is 0.366. The van der Waals surface area contributed by atoms with E-state index in [-0.39, 0.29) is 42.4 Å². The summed E-state index contributed by atoms with van der Waals surface area (Å²) in [6.45, 7) is 1.79. The number of nitrogens with two attached hydrogens (primary N) is 1. The first-order valence-corrected chi connectivity index (χ1v) is 11.1. The molecule has 2 heterocycles. The lowest BCUT2D eigenvalue weighted by Gasteiger charge is -2.29. The molecular formula is C22H26F3N7O2. The molecule has 1 aliphatic carbocycles. The Hall–Kier alpha value is -3.41. The summed E-state index contributed by atoms with van der Waals surface area (Å²) in [5, 5.41) is 15.1. The Kier molecular flexibility index (Phi) is 6.87. The van der Waals surface area contributed by atoms with Crippen molar-refractivity contribution in [2.24, 2.45) is 11.7 Å². The Morgan fingerprint density at radius 3 is 2.56 bits per heavy atom. The minimum Gasteiger partial charge on any atom is -0.394 e. The van der Waals surface area contributed by atoms with Crippen LogP contribution in [0.5, 0.6) is 0 Å². The summed E-state index contributed by atoms with van der Waals surface area (Å²) >= 11 is 0. The summed E-state index contributed by atoms with van der Waals surface area (Å²) < 4.78 is 44.2. The van der Waals surface area contributed by atoms with Gasteiger partial charge < -0.3 is 21.5 Å². The number of aromatic nitrogens is 4. The maximum Gasteiger partial charge on any atom is 0.225 e. The molecule has 0 saturated heterocycles. The number of halogens is 3. The first kappa shape index (κ1) is 23.7. The van der Waals surface area contributed by atoms with Crippen LogP contribution in [0, 0.1) is 23.4 Å². The molecule has 182 valence electrons. The summed E-state index contributed by atoms with van der Waals surface area (Å²) in [6, 6.07) is 1.07. The average Bonchev–Trinajstić information content (AvgIpc) is 3.20. The topological polar surface area (TPSA) is 131 Å². The van der Waals surface area contributed by atoms with E-state index in [4.69, 9.17) is 5.73 Å². The number of hydrogen-bond donors (Lipinski definition) is 4. The molecule has 1 aliphatic rings. The summed E-state index contributed by atoms with van der Waals surface area (Å²) in [5.74, 6) is -3.82. The second-order valence-corrected chi connectivity index (χ2v) is 8.39. The second-order valence-electron chi connectivity index (χ2n) is 8.39. The highest BCUT2D eigenvalue weighted by atomic mass is 19.2. The molecule has 2 aromatic heterocycles. The number of hydrogen-bond acceptors (Lipinski definition) is 7. The van der Waals surface area contributed by atoms with E-state index in [1.165, 1.54) is 6.20 Å². The van der Waals surface area contributed by atoms with E-state index in [0.29, 0.717) is 49.3 Å². The van der Waals surface area contributed by atoms with E-state index in [1.807, 2.05) is 6.92 Å². The monoisotopic (exact) mass is 477 g/mol. The molecule has 4 rings (SSSR count). The van der Waals surface area contributed by atoms with Gasteiger partial charge in [0.15, 0.2) is 17.3 Å². The molecule has 5 N–H and O–H groups in total. The van der Waals surface area contributed by atoms with Crippen molar-refractivity contribution >= 4 is 34.7 Å². The summed E-state index contributed by atoms with van der Waals surface area (Å²) in [7, 11) is 0. The highest BCUT2D eigenvalue weighted by molar-refractivity contribution is 5.78. The molecule has 1 fully saturated rings. The van der Waals surface area contributed by atoms with Gasteiger partial charge >= 0.3 is 0 Å². The molecule has 3 aromatic rings. The van der Waals surface area contributed by atoms with Gasteiger partial charge in [-0.1, -0.05) is 6.92 Å². The maximum absolute atomic E-state index is 14.4. The van der Waals surface area contributed by atoms with Crippen LogP contribution in [0.4, 0.5) is 30.8 Å². The normalized spacial score (nSPS) is 19.2. The van der Waals surface area contributed by atoms with Crippen LogP contribution >= 0.6 is 0 Å². The number of nitrogens with zero attached hydrogens (tertiary/aromatic N) is 4. The average molecular weight is 477 g/mol. The van der Waals surface area contributed by atoms with E-state index in [9.17, 15) is 23.1 Å². The van der Waals surface area contributed by atoms with Crippen molar-refractivity contribution in [1.82, 2.24) is 19.5 Å². The zero-order valence-corrected chi connectivity index (χ0v) is 18.6. The van der Waals surface area contributed by atoms with Crippen molar-refractivity contribution in [2.45, 2.75) is 51.1 Å². The molecule has 1 aromatic carbocycles. The first-order valence-electron chi connectivity index (χ1n) is 11.1. The third-order valence-corrected chi connectivity index (χ3v) is 6.22. The molecule has 0 aliphatic heterocycles. The van der Waals surface area contributed by atoms with Gasteiger partial charge in [-0.25, -0.2) is 23.1 Å². The maximum atomic E-state index is 14.4. The number of aliphatic hydroxyl groups is 1. The van der Waals surface area contributed by atoms with Gasteiger partial charge in [0, 0.05) is 12.0 Å². The molecular weight excluding hydrogens is 451 g/mol. The Balaban J connectivity index is 1.77. The highest BCUT2D eigenvalue weighted by Crippen LogP contribution is 2.37. The number of fused-ring (bicyclic) bond motifs is 1. The van der Waals surface area contributed by atoms with E-state index in [2.05, 4.69) is 25.6 Å². The van der Waals surface area contributed by atoms with Gasteiger partial charge in [0.25, 0.3) is 0 Å². The van der Waals surface area contributed by atoms with Gasteiger partial charge in [0.1, 0.15) is 17.0 Å². The standard InChI is InChI=1S/C22H26F3N7O2/c1-2-12(10-33)28-21-27-9-16-20(31-21)32(13-5-3-11(4-6-13)19(26)34)22(29-16)30-18-15(24)8-7-14(23)17(18)25/h7-9,11-13,33H,2-6,10H2,1H3,(H2,26,34)(H,29,30)(H,27,28,31)/t11-,12-,13-/m0/s1. The van der Waals surface area contributed by atoms with Crippen molar-refractivity contribution in [1.29, 1.82) is 0 Å². The predicted molar refractivity (Wildman–Crippen MR) is 120 cm³/mol. The Morgan fingerprint density at radius 1 is 1.21 bits per heavy atom. The summed E-state index contributed by atoms with van der Waals surface area (Å²) in [6.07, 6.45) is 4.30. The number of carbonyl (C=O) groups excluding carboxylic acids is 1. The van der Waals surface area contributed by atoms with Crippen molar-refractivity contribution in [2.75, 3.05) is 17.2 Å². The molecule has 0 spiro atoms. The van der Waals surface area contributed by atoms with Crippen LogP contribution in [0.3, 0.4) is 0 Å². The van der Waals surface area contributed by atoms with E-state index < -0.39 is 23.1 Å². The highest BCUT2D eigenvalue weighted by Gasteiger charge is 2.30. The van der Waals surface area contributed by atoms with Crippen LogP contribution in [0.25, 0.3) is 11.2 Å². The van der Waals surface area contributed by atoms with E-state index in [0.717, 1.165) is 6.07 Å². The van der Waals surface area contributed by atoms with Crippen molar-refractivity contribution in [3.05, 3.63) is 35.8 Å². The van der Waals surface area contributed by atoms with Crippen LogP contribution in [0.1, 0.15) is 45.1 Å². The van der Waals surface area contributed by atoms with Gasteiger partial charge in [0.2, 0.25) is 17.8 Å². The molecule has 1 saturated carbocycles. The van der Waals surface area contributed by atoms with Gasteiger partial charge in [-0.3, -0.25) is 9.36 Å². The van der Waals surface area contributed by atoms with Crippen molar-refractivity contribution in [3.63, 3.8) is 0 Å². The van der Waals surface area contributed by atoms with Gasteiger partial charge in [0.05, 0.1) is 18.8 Å². The molecule has 9 nitrogen and oxygen atoms in total. The fourth-order valence-corrected chi connectivity index (χ4v) is 4.23. The summed E-state index contributed by atoms with van der Waals surface area (Å²) in [4.78, 5) is 24.8. The Bertz CT molecular complexity index is 1190. The zero-order valence-electron chi connectivity index (χ0n) is 18.6. The molecule has 1 atom stereocenters. The van der Waals surface area contributed by atoms with Crippen LogP contribution < -0.4 is 16.4 Å². The van der Waals surface area contributed by atoms with E-state index >= 15 is 0 Å². The number of aliphatic hydroxyl groups excluding tert-OH is 1. The van der Waals surface area contributed by atoms with Crippen molar-refractivity contribution in [3.8, 4) is 0 Å². The Morgan fingerprint density at radius 2 is 1.91 bits per heavy atom. The number of carbonyl (C=O) groups is 1. The fourth-order valence-electron chi connectivity index (χ4n) is 4.23. The first-order chi connectivity index (χ1) is 16.3. The number of benzene rings is 1. The van der Waals surface area contributed by atoms with Crippen LogP contribution in [-0.2, 0) is 4.79 Å². The number of imidazole rings is 1. The van der Waals surface area contributed by atoms with Gasteiger partial charge in [-0.2, -0.15) is 4.98 Å². The minimum absolute atomic E-state index is 0.0709. The lowest BCUT2D eigenvalue weighted by atomic mass is 9.85. The molecule has 12 heteroatoms. The number of amides is 1. The lowest BCUT2D eigenvalue weighted by molar-refractivity contribution is -0.122. The number of nitrogens with one attached hydrogen (secondary N) is 2. The van der Waals surface area contributed by atoms with Crippen LogP contribution in [-0.4, -0.2) is 43.2 Å². The molecule has 0 radical (unpaired) electrons. The largest absolute Gasteiger partial charge is 0.394 e. The van der Waals surface area contributed by atoms with Crippen LogP contribution in [0.15, 0.2) is 18.3 Å². The van der Waals surface area contributed by atoms with Crippen LogP contribution in [0.2, 0.25) is 0 Å². The van der Waals surface area contributed by atoms with Crippen molar-refractivity contribution < 1.29 is 23.1 Å². The lowest BCUT2D eigenvalue weighted by Crippen LogP contribution is -2.29. The third kappa shape index (κ3) is 4.63. The van der Waals surface area contributed by atoms with Gasteiger partial charge in [-0.15, -0.1) is 0 Å². The number of rotatable bonds is 8. The minimum atomic E-state index is -1.36. The summed E-state index contributed by atoms with van der Waals surface area (Å²) in [5.41, 5.74) is 5.55. The third-order valence-electron chi connectivity index (χ3n) is 6.22. The number of anilines is 3. The fraction of sp³-hybridized carbons (Fsp3) is 0.455. The van der Waals surface area contributed by atoms with E-state index in [1.54, 1.807) is 4.57 Å².